The molecular formula is C15H21N3O2. The quantitative estimate of drug-likeness (QED) is 0.789. The molecule has 1 saturated heterocycles. The zero-order chi connectivity index (χ0) is 14.5. The molecule has 20 heavy (non-hydrogen) atoms. The van der Waals surface area contributed by atoms with Crippen molar-refractivity contribution in [1.82, 2.24) is 5.32 Å². The Balaban J connectivity index is 2.00. The molecule has 1 aliphatic heterocycles. The SMILES string of the molecule is CC(=O)Nc1ccc(NC(=O)C2CCCNC2)cc1C. The van der Waals surface area contributed by atoms with Crippen LogP contribution in [-0.4, -0.2) is 24.9 Å². The van der Waals surface area contributed by atoms with E-state index >= 15 is 0 Å². The maximum Gasteiger partial charge on any atom is 0.228 e. The van der Waals surface area contributed by atoms with Gasteiger partial charge in [0.1, 0.15) is 0 Å². The molecule has 1 aromatic rings. The number of anilines is 2. The van der Waals surface area contributed by atoms with Crippen molar-refractivity contribution in [3.05, 3.63) is 23.8 Å². The van der Waals surface area contributed by atoms with Gasteiger partial charge in [0.05, 0.1) is 5.92 Å². The minimum absolute atomic E-state index is 0.0408. The maximum atomic E-state index is 12.1. The lowest BCUT2D eigenvalue weighted by Crippen LogP contribution is -2.37. The molecule has 1 aliphatic rings. The van der Waals surface area contributed by atoms with Gasteiger partial charge in [-0.25, -0.2) is 0 Å². The molecule has 108 valence electrons. The fourth-order valence-corrected chi connectivity index (χ4v) is 2.39. The van der Waals surface area contributed by atoms with Crippen LogP contribution in [0.1, 0.15) is 25.3 Å². The average molecular weight is 275 g/mol. The highest BCUT2D eigenvalue weighted by atomic mass is 16.2. The molecule has 0 aromatic heterocycles. The molecule has 0 aliphatic carbocycles. The third-order valence-electron chi connectivity index (χ3n) is 3.47. The summed E-state index contributed by atoms with van der Waals surface area (Å²) in [5.74, 6) is 0.00104. The summed E-state index contributed by atoms with van der Waals surface area (Å²) >= 11 is 0. The average Bonchev–Trinajstić information content (AvgIpc) is 2.42. The Morgan fingerprint density at radius 3 is 2.70 bits per heavy atom. The minimum atomic E-state index is -0.0989. The summed E-state index contributed by atoms with van der Waals surface area (Å²) in [5.41, 5.74) is 2.47. The molecule has 5 nitrogen and oxygen atoms in total. The number of nitrogens with one attached hydrogen (secondary N) is 3. The number of hydrogen-bond donors (Lipinski definition) is 3. The van der Waals surface area contributed by atoms with Crippen molar-refractivity contribution in [2.75, 3.05) is 23.7 Å². The van der Waals surface area contributed by atoms with Gasteiger partial charge >= 0.3 is 0 Å². The van der Waals surface area contributed by atoms with Gasteiger partial charge in [0.15, 0.2) is 0 Å². The van der Waals surface area contributed by atoms with E-state index in [0.717, 1.165) is 42.9 Å². The van der Waals surface area contributed by atoms with E-state index in [4.69, 9.17) is 0 Å². The predicted molar refractivity (Wildman–Crippen MR) is 79.7 cm³/mol. The fourth-order valence-electron chi connectivity index (χ4n) is 2.39. The summed E-state index contributed by atoms with van der Waals surface area (Å²) in [6.07, 6.45) is 1.97. The second-order valence-corrected chi connectivity index (χ2v) is 5.24. The van der Waals surface area contributed by atoms with Gasteiger partial charge in [-0.2, -0.15) is 0 Å². The van der Waals surface area contributed by atoms with Crippen LogP contribution in [-0.2, 0) is 9.59 Å². The standard InChI is InChI=1S/C15H21N3O2/c1-10-8-13(5-6-14(10)17-11(2)19)18-15(20)12-4-3-7-16-9-12/h5-6,8,12,16H,3-4,7,9H2,1-2H3,(H,17,19)(H,18,20). The highest BCUT2D eigenvalue weighted by Gasteiger charge is 2.20. The fraction of sp³-hybridized carbons (Fsp3) is 0.467. The van der Waals surface area contributed by atoms with Crippen LogP contribution in [0.4, 0.5) is 11.4 Å². The summed E-state index contributed by atoms with van der Waals surface area (Å²) in [4.78, 5) is 23.2. The lowest BCUT2D eigenvalue weighted by atomic mass is 9.98. The van der Waals surface area contributed by atoms with Gasteiger partial charge in [-0.05, 0) is 50.1 Å². The molecule has 1 atom stereocenters. The molecule has 1 fully saturated rings. The first-order chi connectivity index (χ1) is 9.56. The van der Waals surface area contributed by atoms with Gasteiger partial charge in [0.25, 0.3) is 0 Å². The number of piperidine rings is 1. The summed E-state index contributed by atoms with van der Waals surface area (Å²) in [7, 11) is 0. The molecular weight excluding hydrogens is 254 g/mol. The zero-order valence-corrected chi connectivity index (χ0v) is 12.0. The largest absolute Gasteiger partial charge is 0.326 e. The van der Waals surface area contributed by atoms with E-state index < -0.39 is 0 Å². The Bertz CT molecular complexity index is 508. The van der Waals surface area contributed by atoms with E-state index in [9.17, 15) is 9.59 Å². The van der Waals surface area contributed by atoms with Crippen LogP contribution in [0.5, 0.6) is 0 Å². The number of rotatable bonds is 3. The molecule has 0 saturated carbocycles. The number of benzene rings is 1. The molecule has 1 aromatic carbocycles. The Kier molecular flexibility index (Phi) is 4.74. The maximum absolute atomic E-state index is 12.1. The highest BCUT2D eigenvalue weighted by molar-refractivity contribution is 5.94. The molecule has 2 amide bonds. The highest BCUT2D eigenvalue weighted by Crippen LogP contribution is 2.21. The molecule has 0 bridgehead atoms. The molecule has 1 heterocycles. The number of carbonyl (C=O) groups excluding carboxylic acids is 2. The van der Waals surface area contributed by atoms with E-state index in [1.165, 1.54) is 6.92 Å². The van der Waals surface area contributed by atoms with E-state index in [1.54, 1.807) is 0 Å². The van der Waals surface area contributed by atoms with Crippen LogP contribution in [0.25, 0.3) is 0 Å². The van der Waals surface area contributed by atoms with Crippen LogP contribution >= 0.6 is 0 Å². The Hall–Kier alpha value is -1.88. The molecule has 0 spiro atoms. The first-order valence-corrected chi connectivity index (χ1v) is 6.96. The van der Waals surface area contributed by atoms with Crippen LogP contribution in [0, 0.1) is 12.8 Å². The van der Waals surface area contributed by atoms with Gasteiger partial charge < -0.3 is 16.0 Å². The minimum Gasteiger partial charge on any atom is -0.326 e. The van der Waals surface area contributed by atoms with Crippen molar-refractivity contribution in [2.24, 2.45) is 5.92 Å². The van der Waals surface area contributed by atoms with Crippen molar-refractivity contribution in [3.63, 3.8) is 0 Å². The number of carbonyl (C=O) groups is 2. The molecule has 2 rings (SSSR count). The van der Waals surface area contributed by atoms with Gasteiger partial charge in [-0.15, -0.1) is 0 Å². The summed E-state index contributed by atoms with van der Waals surface area (Å²) in [5, 5.41) is 8.93. The van der Waals surface area contributed by atoms with Crippen molar-refractivity contribution in [1.29, 1.82) is 0 Å². The van der Waals surface area contributed by atoms with E-state index in [1.807, 2.05) is 25.1 Å². The Labute approximate surface area is 119 Å². The first-order valence-electron chi connectivity index (χ1n) is 6.96. The van der Waals surface area contributed by atoms with Crippen LogP contribution in [0.2, 0.25) is 0 Å². The van der Waals surface area contributed by atoms with Gasteiger partial charge in [-0.3, -0.25) is 9.59 Å². The zero-order valence-electron chi connectivity index (χ0n) is 12.0. The predicted octanol–water partition coefficient (Wildman–Crippen LogP) is 1.89. The van der Waals surface area contributed by atoms with Gasteiger partial charge in [0.2, 0.25) is 11.8 Å². The normalized spacial score (nSPS) is 18.4. The third-order valence-corrected chi connectivity index (χ3v) is 3.47. The Morgan fingerprint density at radius 1 is 1.30 bits per heavy atom. The van der Waals surface area contributed by atoms with Crippen molar-refractivity contribution >= 4 is 23.2 Å². The molecule has 5 heteroatoms. The smallest absolute Gasteiger partial charge is 0.228 e. The molecule has 1 unspecified atom stereocenters. The Morgan fingerprint density at radius 2 is 2.10 bits per heavy atom. The van der Waals surface area contributed by atoms with Gasteiger partial charge in [0, 0.05) is 24.8 Å². The lowest BCUT2D eigenvalue weighted by Gasteiger charge is -2.22. The van der Waals surface area contributed by atoms with Crippen molar-refractivity contribution in [2.45, 2.75) is 26.7 Å². The van der Waals surface area contributed by atoms with Crippen molar-refractivity contribution < 1.29 is 9.59 Å². The lowest BCUT2D eigenvalue weighted by molar-refractivity contribution is -0.120. The van der Waals surface area contributed by atoms with E-state index in [2.05, 4.69) is 16.0 Å². The van der Waals surface area contributed by atoms with Crippen LogP contribution in [0.15, 0.2) is 18.2 Å². The van der Waals surface area contributed by atoms with Crippen molar-refractivity contribution in [3.8, 4) is 0 Å². The summed E-state index contributed by atoms with van der Waals surface area (Å²) < 4.78 is 0. The number of hydrogen-bond acceptors (Lipinski definition) is 3. The second-order valence-electron chi connectivity index (χ2n) is 5.24. The van der Waals surface area contributed by atoms with E-state index in [-0.39, 0.29) is 17.7 Å². The number of amides is 2. The first kappa shape index (κ1) is 14.5. The van der Waals surface area contributed by atoms with Gasteiger partial charge in [-0.1, -0.05) is 0 Å². The third kappa shape index (κ3) is 3.81. The van der Waals surface area contributed by atoms with Crippen LogP contribution in [0.3, 0.4) is 0 Å². The summed E-state index contributed by atoms with van der Waals surface area (Å²) in [6.45, 7) is 5.12. The van der Waals surface area contributed by atoms with Crippen LogP contribution < -0.4 is 16.0 Å². The summed E-state index contributed by atoms with van der Waals surface area (Å²) in [6, 6.07) is 5.50. The molecule has 3 N–H and O–H groups in total. The topological polar surface area (TPSA) is 70.2 Å². The monoisotopic (exact) mass is 275 g/mol. The van der Waals surface area contributed by atoms with E-state index in [0.29, 0.717) is 0 Å². The molecule has 0 radical (unpaired) electrons. The number of aryl methyl sites for hydroxylation is 1. The second kappa shape index (κ2) is 6.52.